The minimum absolute atomic E-state index is 0.0564. The number of ether oxygens (including phenoxy) is 1. The fraction of sp³-hybridized carbons (Fsp3) is 0.536. The van der Waals surface area contributed by atoms with Gasteiger partial charge in [0.15, 0.2) is 0 Å². The molecule has 0 radical (unpaired) electrons. The number of hydrogen-bond donors (Lipinski definition) is 4. The highest BCUT2D eigenvalue weighted by Gasteiger charge is 2.35. The van der Waals surface area contributed by atoms with Crippen molar-refractivity contribution in [1.29, 1.82) is 5.53 Å². The van der Waals surface area contributed by atoms with Crippen molar-refractivity contribution in [2.75, 3.05) is 6.54 Å². The minimum Gasteiger partial charge on any atom is -0.406 e. The van der Waals surface area contributed by atoms with Crippen molar-refractivity contribution in [2.45, 2.75) is 72.2 Å². The number of hydrogen-bond acceptors (Lipinski definition) is 6. The molecule has 2 aliphatic carbocycles. The van der Waals surface area contributed by atoms with E-state index in [-0.39, 0.29) is 23.0 Å². The molecule has 0 aliphatic heterocycles. The molecule has 10 nitrogen and oxygen atoms in total. The van der Waals surface area contributed by atoms with Crippen molar-refractivity contribution in [3.63, 3.8) is 0 Å². The number of guanidine groups is 1. The van der Waals surface area contributed by atoms with Crippen LogP contribution in [0.25, 0.3) is 0 Å². The van der Waals surface area contributed by atoms with Gasteiger partial charge in [0.25, 0.3) is 5.91 Å². The number of amides is 2. The van der Waals surface area contributed by atoms with Gasteiger partial charge in [0.2, 0.25) is 11.9 Å². The quantitative estimate of drug-likeness (QED) is 0.141. The SMILES string of the molecule is CC1(C(=O)NC(N)=NN=N)C=CC(CN(NC(=O)c2ccc(OC(F)(F)F)cc2)C2CCC(C(C)(C)C)CC2)=CC1. The maximum atomic E-state index is 13.2. The van der Waals surface area contributed by atoms with E-state index in [1.165, 1.54) is 12.1 Å². The van der Waals surface area contributed by atoms with Gasteiger partial charge in [-0.05, 0) is 85.4 Å². The molecule has 1 unspecified atom stereocenters. The predicted molar refractivity (Wildman–Crippen MR) is 147 cm³/mol. The Kier molecular flexibility index (Phi) is 9.95. The van der Waals surface area contributed by atoms with Crippen molar-refractivity contribution < 1.29 is 27.5 Å². The Morgan fingerprint density at radius 3 is 2.29 bits per heavy atom. The van der Waals surface area contributed by atoms with Gasteiger partial charge in [0.1, 0.15) is 5.75 Å². The number of hydrazine groups is 1. The van der Waals surface area contributed by atoms with Gasteiger partial charge in [-0.25, -0.2) is 5.01 Å². The summed E-state index contributed by atoms with van der Waals surface area (Å²) in [5.41, 5.74) is 15.6. The average Bonchev–Trinajstić information content (AvgIpc) is 2.88. The lowest BCUT2D eigenvalue weighted by Gasteiger charge is -2.41. The zero-order valence-electron chi connectivity index (χ0n) is 23.7. The fourth-order valence-electron chi connectivity index (χ4n) is 5.11. The molecule has 1 fully saturated rings. The normalized spacial score (nSPS) is 23.5. The first kappa shape index (κ1) is 31.8. The summed E-state index contributed by atoms with van der Waals surface area (Å²) in [7, 11) is 0. The van der Waals surface area contributed by atoms with Crippen molar-refractivity contribution >= 4 is 17.8 Å². The summed E-state index contributed by atoms with van der Waals surface area (Å²) in [6, 6.07) is 4.85. The molecule has 224 valence electrons. The molecule has 0 aromatic heterocycles. The maximum absolute atomic E-state index is 13.2. The number of nitrogens with zero attached hydrogens (tertiary/aromatic N) is 3. The molecule has 0 bridgehead atoms. The second-order valence-corrected chi connectivity index (χ2v) is 11.8. The Morgan fingerprint density at radius 1 is 1.15 bits per heavy atom. The molecule has 0 spiro atoms. The molecule has 1 aromatic rings. The van der Waals surface area contributed by atoms with Crippen LogP contribution in [0.15, 0.2) is 58.4 Å². The smallest absolute Gasteiger partial charge is 0.406 e. The first-order chi connectivity index (χ1) is 19.1. The number of allylic oxidation sites excluding steroid dienone is 1. The predicted octanol–water partition coefficient (Wildman–Crippen LogP) is 5.41. The van der Waals surface area contributed by atoms with Crippen LogP contribution in [0.5, 0.6) is 5.75 Å². The lowest BCUT2D eigenvalue weighted by molar-refractivity contribution is -0.274. The zero-order chi connectivity index (χ0) is 30.4. The number of halogens is 3. The third-order valence-electron chi connectivity index (χ3n) is 7.68. The molecule has 41 heavy (non-hydrogen) atoms. The van der Waals surface area contributed by atoms with Gasteiger partial charge in [0.05, 0.1) is 5.41 Å². The summed E-state index contributed by atoms with van der Waals surface area (Å²) in [6.45, 7) is 8.82. The van der Waals surface area contributed by atoms with E-state index in [4.69, 9.17) is 11.3 Å². The van der Waals surface area contributed by atoms with E-state index in [1.807, 2.05) is 17.2 Å². The van der Waals surface area contributed by atoms with Crippen LogP contribution in [0.4, 0.5) is 13.2 Å². The Morgan fingerprint density at radius 2 is 1.78 bits per heavy atom. The molecule has 0 heterocycles. The first-order valence-corrected chi connectivity index (χ1v) is 13.4. The number of carbonyl (C=O) groups excluding carboxylic acids is 2. The molecule has 2 aliphatic rings. The molecule has 13 heteroatoms. The van der Waals surface area contributed by atoms with Crippen LogP contribution in [-0.2, 0) is 4.79 Å². The van der Waals surface area contributed by atoms with Crippen molar-refractivity contribution in [1.82, 2.24) is 15.8 Å². The van der Waals surface area contributed by atoms with Crippen LogP contribution in [0.1, 0.15) is 70.2 Å². The monoisotopic (exact) mass is 577 g/mol. The van der Waals surface area contributed by atoms with Crippen LogP contribution in [0.2, 0.25) is 0 Å². The third-order valence-corrected chi connectivity index (χ3v) is 7.68. The summed E-state index contributed by atoms with van der Waals surface area (Å²) in [5.74, 6) is -0.951. The lowest BCUT2D eigenvalue weighted by Crippen LogP contribution is -2.51. The minimum atomic E-state index is -4.82. The lowest BCUT2D eigenvalue weighted by atomic mass is 9.71. The van der Waals surface area contributed by atoms with E-state index in [2.05, 4.69) is 46.6 Å². The summed E-state index contributed by atoms with van der Waals surface area (Å²) in [5, 5.41) is 10.4. The Bertz CT molecular complexity index is 1200. The molecule has 1 atom stereocenters. The summed E-state index contributed by atoms with van der Waals surface area (Å²) in [4.78, 5) is 25.9. The number of carbonyl (C=O) groups is 2. The van der Waals surface area contributed by atoms with Crippen molar-refractivity contribution in [3.8, 4) is 5.75 Å². The van der Waals surface area contributed by atoms with Crippen LogP contribution in [0, 0.1) is 22.3 Å². The van der Waals surface area contributed by atoms with Crippen molar-refractivity contribution in [3.05, 3.63) is 53.6 Å². The topological polar surface area (TPSA) is 145 Å². The van der Waals surface area contributed by atoms with Gasteiger partial charge in [0, 0.05) is 18.2 Å². The van der Waals surface area contributed by atoms with Crippen molar-refractivity contribution in [2.24, 2.45) is 32.8 Å². The molecule has 0 saturated heterocycles. The zero-order valence-corrected chi connectivity index (χ0v) is 23.7. The number of alkyl halides is 3. The van der Waals surface area contributed by atoms with E-state index in [9.17, 15) is 22.8 Å². The van der Waals surface area contributed by atoms with Gasteiger partial charge in [-0.15, -0.1) is 13.2 Å². The fourth-order valence-corrected chi connectivity index (χ4v) is 5.11. The number of nitrogens with one attached hydrogen (secondary N) is 3. The second kappa shape index (κ2) is 12.8. The number of benzene rings is 1. The molecule has 5 N–H and O–H groups in total. The first-order valence-electron chi connectivity index (χ1n) is 13.4. The van der Waals surface area contributed by atoms with Crippen LogP contribution < -0.4 is 21.2 Å². The summed E-state index contributed by atoms with van der Waals surface area (Å²) in [6.07, 6.45) is 4.82. The largest absolute Gasteiger partial charge is 0.573 e. The Balaban J connectivity index is 1.73. The molecule has 1 saturated carbocycles. The Hall–Kier alpha value is -3.74. The highest BCUT2D eigenvalue weighted by Crippen LogP contribution is 2.39. The molecule has 1 aromatic carbocycles. The molecule has 3 rings (SSSR count). The van der Waals surface area contributed by atoms with Gasteiger partial charge < -0.3 is 10.5 Å². The van der Waals surface area contributed by atoms with E-state index >= 15 is 0 Å². The van der Waals surface area contributed by atoms with E-state index < -0.39 is 29.3 Å². The molecular weight excluding hydrogens is 539 g/mol. The molecule has 2 amide bonds. The highest BCUT2D eigenvalue weighted by molar-refractivity contribution is 5.99. The standard InChI is InChI=1S/C28H38F3N7O3/c1-26(2,3)20-7-9-21(10-8-20)38(36-23(39)19-5-11-22(12-6-19)41-28(29,30)31)17-18-13-15-27(4,16-14-18)24(40)34-25(32)35-37-33/h5-6,11-15,20-21H,7-10,16-17H2,1-4H3,(H,36,39)(H4,32,33,34,35,40). The highest BCUT2D eigenvalue weighted by atomic mass is 19.4. The van der Waals surface area contributed by atoms with Gasteiger partial charge in [-0.1, -0.05) is 44.1 Å². The number of nitrogens with two attached hydrogens (primary N) is 1. The van der Waals surface area contributed by atoms with Crippen LogP contribution >= 0.6 is 0 Å². The van der Waals surface area contributed by atoms with Crippen LogP contribution in [-0.4, -0.2) is 41.7 Å². The average molecular weight is 578 g/mol. The van der Waals surface area contributed by atoms with Gasteiger partial charge in [-0.3, -0.25) is 20.3 Å². The maximum Gasteiger partial charge on any atom is 0.573 e. The Labute approximate surface area is 237 Å². The van der Waals surface area contributed by atoms with Gasteiger partial charge in [-0.2, -0.15) is 5.53 Å². The number of rotatable bonds is 8. The van der Waals surface area contributed by atoms with E-state index in [0.717, 1.165) is 43.4 Å². The van der Waals surface area contributed by atoms with E-state index in [1.54, 1.807) is 13.0 Å². The van der Waals surface area contributed by atoms with Gasteiger partial charge >= 0.3 is 6.36 Å². The second-order valence-electron chi connectivity index (χ2n) is 11.8. The third kappa shape index (κ3) is 9.13. The van der Waals surface area contributed by atoms with Crippen LogP contribution in [0.3, 0.4) is 0 Å². The van der Waals surface area contributed by atoms with E-state index in [0.29, 0.717) is 18.9 Å². The molecular formula is C28H38F3N7O3. The summed E-state index contributed by atoms with van der Waals surface area (Å²) >= 11 is 0. The summed E-state index contributed by atoms with van der Waals surface area (Å²) < 4.78 is 41.5.